The minimum Gasteiger partial charge on any atom is -0.325 e. The van der Waals surface area contributed by atoms with Gasteiger partial charge < -0.3 is 5.32 Å². The van der Waals surface area contributed by atoms with Crippen LogP contribution in [0.1, 0.15) is 43.2 Å². The number of nitrogens with one attached hydrogen (secondary N) is 1. The first-order valence-corrected chi connectivity index (χ1v) is 14.3. The van der Waals surface area contributed by atoms with Gasteiger partial charge >= 0.3 is 0 Å². The maximum Gasteiger partial charge on any atom is 0.258 e. The highest BCUT2D eigenvalue weighted by Crippen LogP contribution is 2.48. The van der Waals surface area contributed by atoms with Crippen LogP contribution in [-0.4, -0.2) is 21.2 Å². The SMILES string of the molecule is C=CCn1c(SCC(=O)Nc2cccc3ccccc23)nc2c(c1=O)C1(CCCCC1)Cc1ccccc1-2. The van der Waals surface area contributed by atoms with E-state index in [1.54, 1.807) is 10.6 Å². The molecule has 6 heteroatoms. The monoisotopic (exact) mass is 521 g/mol. The van der Waals surface area contributed by atoms with Gasteiger partial charge in [-0.3, -0.25) is 14.2 Å². The summed E-state index contributed by atoms with van der Waals surface area (Å²) in [4.78, 5) is 32.3. The number of anilines is 1. The van der Waals surface area contributed by atoms with Gasteiger partial charge in [0, 0.05) is 28.6 Å². The van der Waals surface area contributed by atoms with E-state index in [-0.39, 0.29) is 22.6 Å². The summed E-state index contributed by atoms with van der Waals surface area (Å²) in [5.41, 5.74) is 4.61. The average Bonchev–Trinajstić information content (AvgIpc) is 2.94. The molecule has 5 nitrogen and oxygen atoms in total. The largest absolute Gasteiger partial charge is 0.325 e. The molecule has 0 saturated heterocycles. The summed E-state index contributed by atoms with van der Waals surface area (Å²) < 4.78 is 1.71. The minimum atomic E-state index is -0.163. The third-order valence-corrected chi connectivity index (χ3v) is 8.96. The van der Waals surface area contributed by atoms with Gasteiger partial charge in [-0.2, -0.15) is 0 Å². The second-order valence-corrected chi connectivity index (χ2v) is 11.3. The van der Waals surface area contributed by atoms with Gasteiger partial charge in [-0.1, -0.05) is 97.8 Å². The van der Waals surface area contributed by atoms with Crippen LogP contribution in [0, 0.1) is 0 Å². The van der Waals surface area contributed by atoms with Crippen molar-refractivity contribution in [2.75, 3.05) is 11.1 Å². The van der Waals surface area contributed by atoms with Crippen LogP contribution in [0.2, 0.25) is 0 Å². The van der Waals surface area contributed by atoms with Crippen molar-refractivity contribution >= 4 is 34.1 Å². The number of fused-ring (bicyclic) bond motifs is 5. The van der Waals surface area contributed by atoms with Crippen LogP contribution in [-0.2, 0) is 23.2 Å². The number of aromatic nitrogens is 2. The quantitative estimate of drug-likeness (QED) is 0.173. The van der Waals surface area contributed by atoms with E-state index >= 15 is 0 Å². The number of amides is 1. The Morgan fingerprint density at radius 3 is 2.63 bits per heavy atom. The topological polar surface area (TPSA) is 64.0 Å². The molecule has 0 bridgehead atoms. The lowest BCUT2D eigenvalue weighted by atomic mass is 9.62. The predicted octanol–water partition coefficient (Wildman–Crippen LogP) is 6.74. The van der Waals surface area contributed by atoms with Gasteiger partial charge in [0.1, 0.15) is 0 Å². The van der Waals surface area contributed by atoms with Gasteiger partial charge in [-0.15, -0.1) is 6.58 Å². The molecule has 192 valence electrons. The molecule has 0 unspecified atom stereocenters. The van der Waals surface area contributed by atoms with Crippen LogP contribution in [0.5, 0.6) is 0 Å². The molecular formula is C32H31N3O2S. The highest BCUT2D eigenvalue weighted by molar-refractivity contribution is 7.99. The molecule has 1 spiro atoms. The Morgan fingerprint density at radius 2 is 1.79 bits per heavy atom. The fourth-order valence-corrected chi connectivity index (χ4v) is 7.07. The van der Waals surface area contributed by atoms with E-state index in [4.69, 9.17) is 4.98 Å². The van der Waals surface area contributed by atoms with Gasteiger partial charge in [-0.25, -0.2) is 4.98 Å². The van der Waals surface area contributed by atoms with Crippen LogP contribution in [0.15, 0.2) is 89.3 Å². The first kappa shape index (κ1) is 24.7. The normalized spacial score (nSPS) is 15.6. The average molecular weight is 522 g/mol. The van der Waals surface area contributed by atoms with Crippen molar-refractivity contribution in [2.45, 2.75) is 55.6 Å². The van der Waals surface area contributed by atoms with Crippen LogP contribution < -0.4 is 10.9 Å². The summed E-state index contributed by atoms with van der Waals surface area (Å²) in [6, 6.07) is 22.2. The molecule has 1 amide bonds. The van der Waals surface area contributed by atoms with E-state index in [0.717, 1.165) is 65.4 Å². The Balaban J connectivity index is 1.36. The molecule has 6 rings (SSSR count). The number of carbonyl (C=O) groups excluding carboxylic acids is 1. The van der Waals surface area contributed by atoms with Gasteiger partial charge in [0.25, 0.3) is 5.56 Å². The zero-order chi connectivity index (χ0) is 26.1. The smallest absolute Gasteiger partial charge is 0.258 e. The molecule has 1 saturated carbocycles. The summed E-state index contributed by atoms with van der Waals surface area (Å²) in [6.45, 7) is 4.26. The van der Waals surface area contributed by atoms with Crippen LogP contribution >= 0.6 is 11.8 Å². The summed E-state index contributed by atoms with van der Waals surface area (Å²) in [6.07, 6.45) is 8.13. The first-order chi connectivity index (χ1) is 18.6. The van der Waals surface area contributed by atoms with Crippen molar-refractivity contribution < 1.29 is 4.79 Å². The summed E-state index contributed by atoms with van der Waals surface area (Å²) in [7, 11) is 0. The highest BCUT2D eigenvalue weighted by atomic mass is 32.2. The number of hydrogen-bond donors (Lipinski definition) is 1. The van der Waals surface area contributed by atoms with Crippen molar-refractivity contribution in [1.29, 1.82) is 0 Å². The second kappa shape index (κ2) is 10.3. The molecule has 2 aliphatic carbocycles. The Morgan fingerprint density at radius 1 is 1.03 bits per heavy atom. The third kappa shape index (κ3) is 4.37. The molecular weight excluding hydrogens is 490 g/mol. The molecule has 2 aliphatic rings. The number of nitrogens with zero attached hydrogens (tertiary/aromatic N) is 2. The van der Waals surface area contributed by atoms with E-state index < -0.39 is 0 Å². The van der Waals surface area contributed by atoms with Crippen molar-refractivity contribution in [3.8, 4) is 11.3 Å². The Bertz CT molecular complexity index is 1600. The lowest BCUT2D eigenvalue weighted by Gasteiger charge is -2.42. The molecule has 1 N–H and O–H groups in total. The molecule has 1 heterocycles. The van der Waals surface area contributed by atoms with Gasteiger partial charge in [0.15, 0.2) is 5.16 Å². The van der Waals surface area contributed by atoms with Gasteiger partial charge in [0.05, 0.1) is 17.0 Å². The predicted molar refractivity (Wildman–Crippen MR) is 156 cm³/mol. The highest BCUT2D eigenvalue weighted by Gasteiger charge is 2.43. The van der Waals surface area contributed by atoms with Crippen LogP contribution in [0.3, 0.4) is 0 Å². The Kier molecular flexibility index (Phi) is 6.66. The van der Waals surface area contributed by atoms with Crippen LogP contribution in [0.25, 0.3) is 22.0 Å². The lowest BCUT2D eigenvalue weighted by Crippen LogP contribution is -2.43. The molecule has 4 aromatic rings. The van der Waals surface area contributed by atoms with E-state index in [1.165, 1.54) is 23.7 Å². The first-order valence-electron chi connectivity index (χ1n) is 13.3. The van der Waals surface area contributed by atoms with E-state index in [9.17, 15) is 9.59 Å². The zero-order valence-electron chi connectivity index (χ0n) is 21.4. The van der Waals surface area contributed by atoms with Gasteiger partial charge in [-0.05, 0) is 36.3 Å². The Hall–Kier alpha value is -3.64. The Labute approximate surface area is 227 Å². The minimum absolute atomic E-state index is 0.0169. The standard InChI is InChI=1S/C32H31N3O2S/c1-2-19-35-30(37)28-29(25-15-7-5-12-23(25)20-32(28)17-8-3-9-18-32)34-31(35)38-21-27(36)33-26-16-10-13-22-11-4-6-14-24(22)26/h2,4-7,10-16H,1,3,8-9,17-21H2,(H,33,36). The lowest BCUT2D eigenvalue weighted by molar-refractivity contribution is -0.113. The van der Waals surface area contributed by atoms with E-state index in [2.05, 4.69) is 30.1 Å². The fourth-order valence-electron chi connectivity index (χ4n) is 6.27. The van der Waals surface area contributed by atoms with Crippen LogP contribution in [0.4, 0.5) is 5.69 Å². The van der Waals surface area contributed by atoms with Crippen molar-refractivity contribution in [3.63, 3.8) is 0 Å². The number of rotatable bonds is 6. The maximum absolute atomic E-state index is 14.2. The molecule has 1 fully saturated rings. The number of hydrogen-bond acceptors (Lipinski definition) is 4. The molecule has 0 atom stereocenters. The molecule has 0 aliphatic heterocycles. The molecule has 0 radical (unpaired) electrons. The van der Waals surface area contributed by atoms with E-state index in [1.807, 2.05) is 48.5 Å². The number of benzene rings is 3. The van der Waals surface area contributed by atoms with Crippen molar-refractivity contribution in [3.05, 3.63) is 101 Å². The summed E-state index contributed by atoms with van der Waals surface area (Å²) in [5, 5.41) is 5.68. The van der Waals surface area contributed by atoms with Crippen molar-refractivity contribution in [2.24, 2.45) is 0 Å². The fraction of sp³-hybridized carbons (Fsp3) is 0.281. The number of thioether (sulfide) groups is 1. The zero-order valence-corrected chi connectivity index (χ0v) is 22.2. The van der Waals surface area contributed by atoms with Crippen molar-refractivity contribution in [1.82, 2.24) is 9.55 Å². The summed E-state index contributed by atoms with van der Waals surface area (Å²) in [5.74, 6) is 0.0193. The maximum atomic E-state index is 14.2. The van der Waals surface area contributed by atoms with E-state index in [0.29, 0.717) is 11.7 Å². The number of carbonyl (C=O) groups is 1. The number of allylic oxidation sites excluding steroid dienone is 1. The second-order valence-electron chi connectivity index (χ2n) is 10.4. The summed E-state index contributed by atoms with van der Waals surface area (Å²) >= 11 is 1.31. The third-order valence-electron chi connectivity index (χ3n) is 7.98. The molecule has 1 aromatic heterocycles. The molecule has 3 aromatic carbocycles. The van der Waals surface area contributed by atoms with Gasteiger partial charge in [0.2, 0.25) is 5.91 Å². The molecule has 38 heavy (non-hydrogen) atoms.